The van der Waals surface area contributed by atoms with Crippen LogP contribution in [0, 0.1) is 6.92 Å². The molecular weight excluding hydrogens is 316 g/mol. The molecule has 0 spiro atoms. The number of carbonyl (C=O) groups excluding carboxylic acids is 1. The molecule has 0 saturated heterocycles. The number of nitrogens with zero attached hydrogens (tertiary/aromatic N) is 3. The monoisotopic (exact) mass is 328 g/mol. The van der Waals surface area contributed by atoms with Crippen molar-refractivity contribution >= 4 is 34.1 Å². The van der Waals surface area contributed by atoms with E-state index in [2.05, 4.69) is 15.4 Å². The van der Waals surface area contributed by atoms with Crippen LogP contribution in [0.5, 0.6) is 0 Å². The highest BCUT2D eigenvalue weighted by molar-refractivity contribution is 6.30. The summed E-state index contributed by atoms with van der Waals surface area (Å²) in [6.07, 6.45) is 1.43. The molecule has 0 aliphatic rings. The van der Waals surface area contributed by atoms with E-state index in [9.17, 15) is 9.59 Å². The van der Waals surface area contributed by atoms with Gasteiger partial charge in [-0.1, -0.05) is 29.8 Å². The molecule has 0 unspecified atom stereocenters. The molecule has 0 bridgehead atoms. The molecule has 7 heteroatoms. The molecule has 23 heavy (non-hydrogen) atoms. The third-order valence-electron chi connectivity index (χ3n) is 3.34. The van der Waals surface area contributed by atoms with Crippen molar-refractivity contribution in [2.45, 2.75) is 13.5 Å². The third-order valence-corrected chi connectivity index (χ3v) is 3.56. The van der Waals surface area contributed by atoms with E-state index >= 15 is 0 Å². The fraction of sp³-hybridized carbons (Fsp3) is 0.125. The summed E-state index contributed by atoms with van der Waals surface area (Å²) >= 11 is 5.74. The second kappa shape index (κ2) is 6.18. The standard InChI is InChI=1S/C16H13ClN4O2/c1-10-12-4-2-3-5-13(12)16(23)21(20-10)9-15(22)19-14-7-6-11(17)8-18-14/h2-8H,9H2,1H3,(H,18,19,22). The summed E-state index contributed by atoms with van der Waals surface area (Å²) < 4.78 is 1.16. The van der Waals surface area contributed by atoms with E-state index in [1.807, 2.05) is 12.1 Å². The van der Waals surface area contributed by atoms with Crippen LogP contribution < -0.4 is 10.9 Å². The molecule has 2 aromatic heterocycles. The summed E-state index contributed by atoms with van der Waals surface area (Å²) in [6, 6.07) is 10.4. The lowest BCUT2D eigenvalue weighted by atomic mass is 10.1. The quantitative estimate of drug-likeness (QED) is 0.801. The third kappa shape index (κ3) is 3.22. The molecule has 0 saturated carbocycles. The van der Waals surface area contributed by atoms with Crippen molar-refractivity contribution in [3.63, 3.8) is 0 Å². The van der Waals surface area contributed by atoms with Crippen molar-refractivity contribution in [3.05, 3.63) is 63.7 Å². The Hall–Kier alpha value is -2.73. The van der Waals surface area contributed by atoms with Crippen LogP contribution in [0.15, 0.2) is 47.4 Å². The van der Waals surface area contributed by atoms with Gasteiger partial charge in [0.05, 0.1) is 16.1 Å². The van der Waals surface area contributed by atoms with Gasteiger partial charge in [0.25, 0.3) is 5.56 Å². The summed E-state index contributed by atoms with van der Waals surface area (Å²) in [4.78, 5) is 28.5. The number of aryl methyl sites for hydroxylation is 1. The maximum atomic E-state index is 12.4. The molecule has 1 amide bonds. The highest BCUT2D eigenvalue weighted by Crippen LogP contribution is 2.12. The van der Waals surface area contributed by atoms with Gasteiger partial charge in [0, 0.05) is 11.6 Å². The average Bonchev–Trinajstić information content (AvgIpc) is 2.54. The number of hydrogen-bond acceptors (Lipinski definition) is 4. The Bertz CT molecular complexity index is 935. The smallest absolute Gasteiger partial charge is 0.275 e. The zero-order chi connectivity index (χ0) is 16.4. The van der Waals surface area contributed by atoms with Gasteiger partial charge < -0.3 is 5.32 Å². The van der Waals surface area contributed by atoms with Crippen LogP contribution in [0.3, 0.4) is 0 Å². The van der Waals surface area contributed by atoms with Crippen LogP contribution in [0.2, 0.25) is 5.02 Å². The van der Waals surface area contributed by atoms with Gasteiger partial charge in [0.15, 0.2) is 0 Å². The predicted octanol–water partition coefficient (Wildman–Crippen LogP) is 2.39. The second-order valence-corrected chi connectivity index (χ2v) is 5.44. The largest absolute Gasteiger partial charge is 0.309 e. The Morgan fingerprint density at radius 1 is 1.22 bits per heavy atom. The molecule has 0 aliphatic heterocycles. The number of benzene rings is 1. The topological polar surface area (TPSA) is 76.9 Å². The maximum Gasteiger partial charge on any atom is 0.275 e. The van der Waals surface area contributed by atoms with Crippen molar-refractivity contribution < 1.29 is 4.79 Å². The van der Waals surface area contributed by atoms with E-state index in [0.717, 1.165) is 10.1 Å². The SMILES string of the molecule is Cc1nn(CC(=O)Nc2ccc(Cl)cn2)c(=O)c2ccccc12. The maximum absolute atomic E-state index is 12.4. The molecule has 0 fully saturated rings. The Morgan fingerprint density at radius 3 is 2.65 bits per heavy atom. The molecule has 0 aliphatic carbocycles. The van der Waals surface area contributed by atoms with Gasteiger partial charge in [-0.25, -0.2) is 9.67 Å². The molecular formula is C16H13ClN4O2. The van der Waals surface area contributed by atoms with E-state index in [4.69, 9.17) is 11.6 Å². The lowest BCUT2D eigenvalue weighted by Crippen LogP contribution is -2.30. The van der Waals surface area contributed by atoms with E-state index in [-0.39, 0.29) is 18.0 Å². The molecule has 3 rings (SSSR count). The van der Waals surface area contributed by atoms with Crippen molar-refractivity contribution in [3.8, 4) is 0 Å². The van der Waals surface area contributed by atoms with E-state index in [1.165, 1.54) is 6.20 Å². The highest BCUT2D eigenvalue weighted by Gasteiger charge is 2.11. The second-order valence-electron chi connectivity index (χ2n) is 5.00. The Balaban J connectivity index is 1.86. The number of hydrogen-bond donors (Lipinski definition) is 1. The number of fused-ring (bicyclic) bond motifs is 1. The van der Waals surface area contributed by atoms with Crippen molar-refractivity contribution in [1.29, 1.82) is 0 Å². The molecule has 2 heterocycles. The summed E-state index contributed by atoms with van der Waals surface area (Å²) in [7, 11) is 0. The number of amides is 1. The Kier molecular flexibility index (Phi) is 4.08. The molecule has 3 aromatic rings. The summed E-state index contributed by atoms with van der Waals surface area (Å²) in [6.45, 7) is 1.62. The minimum atomic E-state index is -0.385. The zero-order valence-electron chi connectivity index (χ0n) is 12.3. The first kappa shape index (κ1) is 15.2. The van der Waals surface area contributed by atoms with Gasteiger partial charge in [0.1, 0.15) is 12.4 Å². The van der Waals surface area contributed by atoms with Crippen LogP contribution in [0.25, 0.3) is 10.8 Å². The number of rotatable bonds is 3. The molecule has 0 atom stereocenters. The first-order chi connectivity index (χ1) is 11.0. The lowest BCUT2D eigenvalue weighted by Gasteiger charge is -2.09. The molecule has 0 radical (unpaired) electrons. The fourth-order valence-corrected chi connectivity index (χ4v) is 2.39. The summed E-state index contributed by atoms with van der Waals surface area (Å²) in [5.41, 5.74) is 0.392. The van der Waals surface area contributed by atoms with Crippen molar-refractivity contribution in [2.24, 2.45) is 0 Å². The average molecular weight is 329 g/mol. The van der Waals surface area contributed by atoms with Crippen LogP contribution in [0.1, 0.15) is 5.69 Å². The number of nitrogens with one attached hydrogen (secondary N) is 1. The molecule has 116 valence electrons. The van der Waals surface area contributed by atoms with E-state index in [1.54, 1.807) is 31.2 Å². The van der Waals surface area contributed by atoms with Gasteiger partial charge >= 0.3 is 0 Å². The number of aromatic nitrogens is 3. The van der Waals surface area contributed by atoms with Crippen LogP contribution in [-0.2, 0) is 11.3 Å². The Labute approximate surface area is 136 Å². The molecule has 6 nitrogen and oxygen atoms in total. The summed E-state index contributed by atoms with van der Waals surface area (Å²) in [5.74, 6) is -0.0194. The first-order valence-corrected chi connectivity index (χ1v) is 7.30. The molecule has 1 aromatic carbocycles. The molecule has 1 N–H and O–H groups in total. The number of halogens is 1. The normalized spacial score (nSPS) is 10.7. The highest BCUT2D eigenvalue weighted by atomic mass is 35.5. The number of pyridine rings is 1. The first-order valence-electron chi connectivity index (χ1n) is 6.92. The van der Waals surface area contributed by atoms with E-state index < -0.39 is 0 Å². The van der Waals surface area contributed by atoms with Crippen molar-refractivity contribution in [1.82, 2.24) is 14.8 Å². The predicted molar refractivity (Wildman–Crippen MR) is 88.6 cm³/mol. The van der Waals surface area contributed by atoms with Gasteiger partial charge in [-0.3, -0.25) is 9.59 Å². The number of carbonyl (C=O) groups is 1. The minimum absolute atomic E-state index is 0.186. The fourth-order valence-electron chi connectivity index (χ4n) is 2.28. The van der Waals surface area contributed by atoms with Crippen LogP contribution in [-0.4, -0.2) is 20.7 Å². The Morgan fingerprint density at radius 2 is 1.96 bits per heavy atom. The minimum Gasteiger partial charge on any atom is -0.309 e. The van der Waals surface area contributed by atoms with Gasteiger partial charge in [0.2, 0.25) is 5.91 Å². The summed E-state index contributed by atoms with van der Waals surface area (Å²) in [5, 5.41) is 8.61. The van der Waals surface area contributed by atoms with Gasteiger partial charge in [-0.15, -0.1) is 0 Å². The lowest BCUT2D eigenvalue weighted by molar-refractivity contribution is -0.117. The van der Waals surface area contributed by atoms with E-state index in [0.29, 0.717) is 21.9 Å². The van der Waals surface area contributed by atoms with Gasteiger partial charge in [-0.2, -0.15) is 5.10 Å². The number of anilines is 1. The van der Waals surface area contributed by atoms with Crippen LogP contribution >= 0.6 is 11.6 Å². The van der Waals surface area contributed by atoms with Crippen LogP contribution in [0.4, 0.5) is 5.82 Å². The van der Waals surface area contributed by atoms with Gasteiger partial charge in [-0.05, 0) is 25.1 Å². The van der Waals surface area contributed by atoms with Crippen molar-refractivity contribution in [2.75, 3.05) is 5.32 Å². The zero-order valence-corrected chi connectivity index (χ0v) is 13.0.